The Morgan fingerprint density at radius 2 is 1.82 bits per heavy atom. The van der Waals surface area contributed by atoms with E-state index < -0.39 is 41.1 Å². The van der Waals surface area contributed by atoms with Gasteiger partial charge in [0.05, 0.1) is 19.2 Å². The van der Waals surface area contributed by atoms with Crippen molar-refractivity contribution in [2.45, 2.75) is 13.0 Å². The van der Waals surface area contributed by atoms with Crippen LogP contribution in [0, 0.1) is 0 Å². The summed E-state index contributed by atoms with van der Waals surface area (Å²) in [7, 11) is 1.23. The Morgan fingerprint density at radius 3 is 2.48 bits per heavy atom. The van der Waals surface area contributed by atoms with E-state index in [1.54, 1.807) is 30.3 Å². The fourth-order valence-electron chi connectivity index (χ4n) is 3.03. The third-order valence-corrected chi connectivity index (χ3v) is 4.77. The molecule has 0 radical (unpaired) electrons. The number of benzene rings is 1. The molecule has 0 fully saturated rings. The minimum Gasteiger partial charge on any atom is -0.459 e. The summed E-state index contributed by atoms with van der Waals surface area (Å²) >= 11 is 0. The number of hydrogen-bond acceptors (Lipinski definition) is 8. The van der Waals surface area contributed by atoms with Gasteiger partial charge in [0.25, 0.3) is 11.5 Å². The van der Waals surface area contributed by atoms with Crippen LogP contribution in [0.25, 0.3) is 0 Å². The molecule has 2 aromatic heterocycles. The molecular weight excluding hydrogens is 432 g/mol. The molecule has 0 bridgehead atoms. The van der Waals surface area contributed by atoms with Gasteiger partial charge in [0.15, 0.2) is 12.4 Å². The van der Waals surface area contributed by atoms with E-state index in [1.807, 2.05) is 6.07 Å². The normalized spacial score (nSPS) is 10.6. The molecule has 172 valence electrons. The van der Waals surface area contributed by atoms with Crippen LogP contribution in [0.15, 0.2) is 62.7 Å². The van der Waals surface area contributed by atoms with E-state index in [2.05, 4.69) is 5.32 Å². The molecule has 0 aliphatic carbocycles. The number of nitrogen functional groups attached to an aromatic ring is 1. The van der Waals surface area contributed by atoms with Gasteiger partial charge < -0.3 is 20.2 Å². The van der Waals surface area contributed by atoms with Crippen LogP contribution in [0.5, 0.6) is 0 Å². The zero-order valence-electron chi connectivity index (χ0n) is 17.8. The molecule has 0 saturated carbocycles. The van der Waals surface area contributed by atoms with Gasteiger partial charge in [-0.1, -0.05) is 30.3 Å². The maximum absolute atomic E-state index is 12.6. The number of amides is 1. The number of nitrogens with one attached hydrogen (secondary N) is 1. The van der Waals surface area contributed by atoms with Crippen LogP contribution in [-0.2, 0) is 23.1 Å². The summed E-state index contributed by atoms with van der Waals surface area (Å²) < 4.78 is 11.7. The first kappa shape index (κ1) is 23.3. The van der Waals surface area contributed by atoms with Gasteiger partial charge >= 0.3 is 11.7 Å². The number of rotatable bonds is 9. The summed E-state index contributed by atoms with van der Waals surface area (Å²) in [6.45, 7) is -0.735. The van der Waals surface area contributed by atoms with Crippen molar-refractivity contribution in [3.05, 3.63) is 86.5 Å². The molecule has 1 aromatic carbocycles. The van der Waals surface area contributed by atoms with Crippen molar-refractivity contribution < 1.29 is 23.5 Å². The first-order chi connectivity index (χ1) is 15.8. The highest BCUT2D eigenvalue weighted by atomic mass is 16.5. The smallest absolute Gasteiger partial charge is 0.332 e. The average molecular weight is 454 g/mol. The van der Waals surface area contributed by atoms with Crippen molar-refractivity contribution in [1.82, 2.24) is 14.5 Å². The first-order valence-electron chi connectivity index (χ1n) is 9.93. The molecule has 1 amide bonds. The second-order valence-electron chi connectivity index (χ2n) is 7.05. The Bertz CT molecular complexity index is 1270. The molecule has 2 heterocycles. The Balaban J connectivity index is 1.65. The third kappa shape index (κ3) is 5.45. The maximum Gasteiger partial charge on any atom is 0.332 e. The molecule has 3 rings (SSSR count). The molecule has 11 nitrogen and oxygen atoms in total. The van der Waals surface area contributed by atoms with Gasteiger partial charge in [0, 0.05) is 13.6 Å². The summed E-state index contributed by atoms with van der Waals surface area (Å²) in [4.78, 5) is 61.3. The van der Waals surface area contributed by atoms with E-state index in [1.165, 1.54) is 19.4 Å². The molecule has 0 spiro atoms. The van der Waals surface area contributed by atoms with E-state index in [0.29, 0.717) is 0 Å². The van der Waals surface area contributed by atoms with Crippen molar-refractivity contribution in [3.8, 4) is 0 Å². The highest BCUT2D eigenvalue weighted by Gasteiger charge is 2.23. The largest absolute Gasteiger partial charge is 0.459 e. The molecule has 33 heavy (non-hydrogen) atoms. The number of carbonyl (C=O) groups is 3. The summed E-state index contributed by atoms with van der Waals surface area (Å²) in [6.07, 6.45) is 1.13. The van der Waals surface area contributed by atoms with E-state index in [-0.39, 0.29) is 31.1 Å². The van der Waals surface area contributed by atoms with Crippen LogP contribution in [0.2, 0.25) is 0 Å². The number of nitrogens with zero attached hydrogens (tertiary/aromatic N) is 2. The minimum atomic E-state index is -0.881. The molecule has 11 heteroatoms. The lowest BCUT2D eigenvalue weighted by atomic mass is 10.2. The zero-order chi connectivity index (χ0) is 24.0. The first-order valence-corrected chi connectivity index (χ1v) is 9.93. The predicted octanol–water partition coefficient (Wildman–Crippen LogP) is 0.317. The SMILES string of the molecule is Cn1c(=O)c(C(=O)COC(=O)CCNC(=O)c2ccco2)c(N)n(Cc2ccccc2)c1=O. The Morgan fingerprint density at radius 1 is 1.09 bits per heavy atom. The molecular formula is C22H22N4O7. The number of esters is 1. The van der Waals surface area contributed by atoms with Crippen LogP contribution < -0.4 is 22.3 Å². The number of aromatic nitrogens is 2. The Labute approximate surface area is 187 Å². The molecule has 0 saturated heterocycles. The molecule has 0 aliphatic heterocycles. The van der Waals surface area contributed by atoms with E-state index in [0.717, 1.165) is 14.7 Å². The predicted molar refractivity (Wildman–Crippen MR) is 117 cm³/mol. The summed E-state index contributed by atoms with van der Waals surface area (Å²) in [5.41, 5.74) is 4.75. The summed E-state index contributed by atoms with van der Waals surface area (Å²) in [5, 5.41) is 2.47. The zero-order valence-corrected chi connectivity index (χ0v) is 17.8. The quantitative estimate of drug-likeness (QED) is 0.346. The third-order valence-electron chi connectivity index (χ3n) is 4.77. The van der Waals surface area contributed by atoms with Crippen molar-refractivity contribution in [2.24, 2.45) is 7.05 Å². The number of carbonyl (C=O) groups excluding carboxylic acids is 3. The summed E-state index contributed by atoms with van der Waals surface area (Å²) in [5.74, 6) is -2.32. The van der Waals surface area contributed by atoms with Crippen LogP contribution in [0.1, 0.15) is 32.9 Å². The lowest BCUT2D eigenvalue weighted by Gasteiger charge is -2.14. The molecule has 3 aromatic rings. The van der Waals surface area contributed by atoms with Crippen molar-refractivity contribution in [3.63, 3.8) is 0 Å². The van der Waals surface area contributed by atoms with E-state index >= 15 is 0 Å². The van der Waals surface area contributed by atoms with Crippen LogP contribution >= 0.6 is 0 Å². The fourth-order valence-corrected chi connectivity index (χ4v) is 3.03. The van der Waals surface area contributed by atoms with E-state index in [4.69, 9.17) is 14.9 Å². The second kappa shape index (κ2) is 10.3. The van der Waals surface area contributed by atoms with Gasteiger partial charge in [-0.05, 0) is 17.7 Å². The molecule has 3 N–H and O–H groups in total. The van der Waals surface area contributed by atoms with Crippen molar-refractivity contribution >= 4 is 23.5 Å². The van der Waals surface area contributed by atoms with Crippen LogP contribution in [0.3, 0.4) is 0 Å². The molecule has 0 aliphatic rings. The standard InChI is InChI=1S/C22H22N4O7/c1-25-21(30)18(19(23)26(22(25)31)12-14-6-3-2-4-7-14)15(27)13-33-17(28)9-10-24-20(29)16-8-5-11-32-16/h2-8,11H,9-10,12-13,23H2,1H3,(H,24,29). The number of nitrogens with two attached hydrogens (primary N) is 1. The molecule has 0 atom stereocenters. The number of ketones is 1. The van der Waals surface area contributed by atoms with Crippen LogP contribution in [-0.4, -0.2) is 39.9 Å². The number of ether oxygens (including phenoxy) is 1. The number of hydrogen-bond donors (Lipinski definition) is 2. The number of Topliss-reactive ketones (excluding diaryl/α,β-unsaturated/α-hetero) is 1. The monoisotopic (exact) mass is 454 g/mol. The topological polar surface area (TPSA) is 156 Å². The van der Waals surface area contributed by atoms with Gasteiger partial charge in [0.1, 0.15) is 11.4 Å². The highest BCUT2D eigenvalue weighted by molar-refractivity contribution is 6.01. The van der Waals surface area contributed by atoms with Gasteiger partial charge in [-0.3, -0.25) is 28.3 Å². The van der Waals surface area contributed by atoms with Gasteiger partial charge in [-0.2, -0.15) is 0 Å². The number of furan rings is 1. The second-order valence-corrected chi connectivity index (χ2v) is 7.05. The highest BCUT2D eigenvalue weighted by Crippen LogP contribution is 2.10. The van der Waals surface area contributed by atoms with Crippen LogP contribution in [0.4, 0.5) is 5.82 Å². The molecule has 0 unspecified atom stereocenters. The maximum atomic E-state index is 12.6. The fraction of sp³-hybridized carbons (Fsp3) is 0.227. The minimum absolute atomic E-state index is 0.0432. The van der Waals surface area contributed by atoms with Gasteiger partial charge in [-0.15, -0.1) is 0 Å². The van der Waals surface area contributed by atoms with Crippen molar-refractivity contribution in [1.29, 1.82) is 0 Å². The Hall–Kier alpha value is -4.41. The van der Waals surface area contributed by atoms with Gasteiger partial charge in [0.2, 0.25) is 5.78 Å². The summed E-state index contributed by atoms with van der Waals surface area (Å²) in [6, 6.07) is 11.9. The lowest BCUT2D eigenvalue weighted by Crippen LogP contribution is -2.43. The van der Waals surface area contributed by atoms with E-state index in [9.17, 15) is 24.0 Å². The number of anilines is 1. The average Bonchev–Trinajstić information content (AvgIpc) is 3.35. The Kier molecular flexibility index (Phi) is 7.24. The lowest BCUT2D eigenvalue weighted by molar-refractivity contribution is -0.142. The van der Waals surface area contributed by atoms with Gasteiger partial charge in [-0.25, -0.2) is 4.79 Å². The van der Waals surface area contributed by atoms with Crippen molar-refractivity contribution in [2.75, 3.05) is 18.9 Å².